The lowest BCUT2D eigenvalue weighted by Crippen LogP contribution is -2.35. The number of rotatable bonds is 4. The summed E-state index contributed by atoms with van der Waals surface area (Å²) in [5.74, 6) is -0.154. The monoisotopic (exact) mass is 291 g/mol. The van der Waals surface area contributed by atoms with Crippen LogP contribution >= 0.6 is 0 Å². The number of amides is 1. The van der Waals surface area contributed by atoms with Crippen LogP contribution in [0.15, 0.2) is 12.1 Å². The summed E-state index contributed by atoms with van der Waals surface area (Å²) in [5, 5.41) is 12.1. The molecule has 0 aliphatic carbocycles. The molecule has 0 aromatic carbocycles. The molecule has 1 amide bonds. The van der Waals surface area contributed by atoms with Crippen molar-refractivity contribution in [2.45, 2.75) is 39.2 Å². The summed E-state index contributed by atoms with van der Waals surface area (Å²) in [5.41, 5.74) is 1.03. The van der Waals surface area contributed by atoms with Gasteiger partial charge in [0.05, 0.1) is 5.56 Å². The summed E-state index contributed by atoms with van der Waals surface area (Å²) in [6, 6.07) is 3.32. The van der Waals surface area contributed by atoms with Gasteiger partial charge in [-0.05, 0) is 24.5 Å². The molecular weight excluding hydrogens is 270 g/mol. The highest BCUT2D eigenvalue weighted by molar-refractivity contribution is 5.88. The molecule has 1 fully saturated rings. The van der Waals surface area contributed by atoms with Crippen LogP contribution < -0.4 is 10.2 Å². The molecule has 2 N–H and O–H groups in total. The van der Waals surface area contributed by atoms with Gasteiger partial charge in [0.2, 0.25) is 5.91 Å². The van der Waals surface area contributed by atoms with E-state index in [1.54, 1.807) is 12.1 Å². The number of aromatic nitrogens is 1. The van der Waals surface area contributed by atoms with Gasteiger partial charge in [0.15, 0.2) is 0 Å². The number of carbonyl (C=O) groups is 2. The van der Waals surface area contributed by atoms with Crippen LogP contribution in [-0.4, -0.2) is 41.1 Å². The Morgan fingerprint density at radius 3 is 2.71 bits per heavy atom. The fraction of sp³-hybridized carbons (Fsp3) is 0.533. The summed E-state index contributed by atoms with van der Waals surface area (Å²) in [7, 11) is 0. The normalized spacial score (nSPS) is 18.1. The Balaban J connectivity index is 2.23. The molecule has 1 aromatic rings. The van der Waals surface area contributed by atoms with E-state index in [0.29, 0.717) is 12.4 Å². The lowest BCUT2D eigenvalue weighted by atomic mass is 10.1. The average Bonchev–Trinajstić information content (AvgIpc) is 2.85. The molecule has 1 aliphatic rings. The minimum absolute atomic E-state index is 0.0445. The van der Waals surface area contributed by atoms with E-state index in [9.17, 15) is 14.7 Å². The van der Waals surface area contributed by atoms with Crippen LogP contribution in [0.2, 0.25) is 0 Å². The third-order valence-corrected chi connectivity index (χ3v) is 3.59. The van der Waals surface area contributed by atoms with E-state index in [4.69, 9.17) is 0 Å². The van der Waals surface area contributed by atoms with Crippen LogP contribution in [0, 0.1) is 0 Å². The maximum atomic E-state index is 11.2. The van der Waals surface area contributed by atoms with Crippen molar-refractivity contribution in [3.63, 3.8) is 0 Å². The first-order valence-corrected chi connectivity index (χ1v) is 7.14. The highest BCUT2D eigenvalue weighted by Gasteiger charge is 2.25. The van der Waals surface area contributed by atoms with Gasteiger partial charge < -0.3 is 15.3 Å². The molecule has 1 saturated heterocycles. The lowest BCUT2D eigenvalue weighted by molar-refractivity contribution is -0.119. The van der Waals surface area contributed by atoms with E-state index in [-0.39, 0.29) is 23.4 Å². The standard InChI is InChI=1S/C15H21N3O3/c1-9(2)13-6-11(15(20)21)7-14(17-13)18-5-4-12(8-18)16-10(3)19/h6-7,9,12H,4-5,8H2,1-3H3,(H,16,19)(H,20,21). The van der Waals surface area contributed by atoms with Crippen LogP contribution in [-0.2, 0) is 4.79 Å². The highest BCUT2D eigenvalue weighted by Crippen LogP contribution is 2.23. The van der Waals surface area contributed by atoms with E-state index < -0.39 is 5.97 Å². The summed E-state index contributed by atoms with van der Waals surface area (Å²) in [4.78, 5) is 28.9. The molecular formula is C15H21N3O3. The first kappa shape index (κ1) is 15.3. The number of pyridine rings is 1. The smallest absolute Gasteiger partial charge is 0.335 e. The average molecular weight is 291 g/mol. The van der Waals surface area contributed by atoms with Gasteiger partial charge in [0.25, 0.3) is 0 Å². The Bertz CT molecular complexity index is 557. The van der Waals surface area contributed by atoms with Gasteiger partial charge in [0, 0.05) is 31.7 Å². The molecule has 6 nitrogen and oxygen atoms in total. The van der Waals surface area contributed by atoms with Crippen LogP contribution in [0.3, 0.4) is 0 Å². The second kappa shape index (κ2) is 6.11. The number of carboxylic acid groups (broad SMARTS) is 1. The molecule has 1 atom stereocenters. The van der Waals surface area contributed by atoms with Crippen molar-refractivity contribution in [2.24, 2.45) is 0 Å². The zero-order valence-electron chi connectivity index (χ0n) is 12.6. The molecule has 21 heavy (non-hydrogen) atoms. The van der Waals surface area contributed by atoms with Crippen LogP contribution in [0.4, 0.5) is 5.82 Å². The number of hydrogen-bond acceptors (Lipinski definition) is 4. The second-order valence-electron chi connectivity index (χ2n) is 5.73. The molecule has 1 unspecified atom stereocenters. The largest absolute Gasteiger partial charge is 0.478 e. The summed E-state index contributed by atoms with van der Waals surface area (Å²) in [6.07, 6.45) is 0.843. The number of nitrogens with one attached hydrogen (secondary N) is 1. The van der Waals surface area contributed by atoms with Gasteiger partial charge in [-0.3, -0.25) is 4.79 Å². The predicted molar refractivity (Wildman–Crippen MR) is 79.7 cm³/mol. The molecule has 0 saturated carbocycles. The Morgan fingerprint density at radius 2 is 2.14 bits per heavy atom. The Morgan fingerprint density at radius 1 is 1.43 bits per heavy atom. The van der Waals surface area contributed by atoms with Crippen molar-refractivity contribution in [3.05, 3.63) is 23.4 Å². The van der Waals surface area contributed by atoms with Crippen molar-refractivity contribution < 1.29 is 14.7 Å². The van der Waals surface area contributed by atoms with Gasteiger partial charge in [-0.1, -0.05) is 13.8 Å². The Hall–Kier alpha value is -2.11. The number of carbonyl (C=O) groups excluding carboxylic acids is 1. The van der Waals surface area contributed by atoms with Gasteiger partial charge in [0.1, 0.15) is 5.82 Å². The summed E-state index contributed by atoms with van der Waals surface area (Å²) in [6.45, 7) is 6.90. The van der Waals surface area contributed by atoms with Crippen molar-refractivity contribution >= 4 is 17.7 Å². The molecule has 0 spiro atoms. The summed E-state index contributed by atoms with van der Waals surface area (Å²) < 4.78 is 0. The van der Waals surface area contributed by atoms with E-state index in [0.717, 1.165) is 18.7 Å². The molecule has 0 radical (unpaired) electrons. The van der Waals surface area contributed by atoms with Gasteiger partial charge >= 0.3 is 5.97 Å². The first-order chi connectivity index (χ1) is 9.86. The van der Waals surface area contributed by atoms with Gasteiger partial charge in [-0.15, -0.1) is 0 Å². The topological polar surface area (TPSA) is 82.5 Å². The Labute approximate surface area is 124 Å². The Kier molecular flexibility index (Phi) is 4.45. The van der Waals surface area contributed by atoms with Gasteiger partial charge in [-0.25, -0.2) is 9.78 Å². The van der Waals surface area contributed by atoms with E-state index in [1.807, 2.05) is 18.7 Å². The molecule has 2 heterocycles. The number of hydrogen-bond donors (Lipinski definition) is 2. The summed E-state index contributed by atoms with van der Waals surface area (Å²) >= 11 is 0. The van der Waals surface area contributed by atoms with Crippen LogP contribution in [0.25, 0.3) is 0 Å². The molecule has 114 valence electrons. The zero-order chi connectivity index (χ0) is 15.6. The molecule has 1 aromatic heterocycles. The number of carboxylic acids is 1. The van der Waals surface area contributed by atoms with Crippen LogP contribution in [0.1, 0.15) is 49.2 Å². The van der Waals surface area contributed by atoms with Crippen molar-refractivity contribution in [2.75, 3.05) is 18.0 Å². The zero-order valence-corrected chi connectivity index (χ0v) is 12.6. The second-order valence-corrected chi connectivity index (χ2v) is 5.73. The maximum absolute atomic E-state index is 11.2. The van der Waals surface area contributed by atoms with Crippen LogP contribution in [0.5, 0.6) is 0 Å². The molecule has 1 aliphatic heterocycles. The fourth-order valence-electron chi connectivity index (χ4n) is 2.49. The highest BCUT2D eigenvalue weighted by atomic mass is 16.4. The SMILES string of the molecule is CC(=O)NC1CCN(c2cc(C(=O)O)cc(C(C)C)n2)C1. The fourth-order valence-corrected chi connectivity index (χ4v) is 2.49. The minimum Gasteiger partial charge on any atom is -0.478 e. The van der Waals surface area contributed by atoms with Gasteiger partial charge in [-0.2, -0.15) is 0 Å². The third kappa shape index (κ3) is 3.71. The number of anilines is 1. The first-order valence-electron chi connectivity index (χ1n) is 7.14. The predicted octanol–water partition coefficient (Wildman–Crippen LogP) is 1.62. The third-order valence-electron chi connectivity index (χ3n) is 3.59. The maximum Gasteiger partial charge on any atom is 0.335 e. The van der Waals surface area contributed by atoms with Crippen molar-refractivity contribution in [3.8, 4) is 0 Å². The quantitative estimate of drug-likeness (QED) is 0.881. The number of nitrogens with zero attached hydrogens (tertiary/aromatic N) is 2. The molecule has 2 rings (SSSR count). The van der Waals surface area contributed by atoms with E-state index in [1.165, 1.54) is 6.92 Å². The van der Waals surface area contributed by atoms with Crippen molar-refractivity contribution in [1.29, 1.82) is 0 Å². The molecule has 0 bridgehead atoms. The lowest BCUT2D eigenvalue weighted by Gasteiger charge is -2.20. The molecule has 6 heteroatoms. The number of aromatic carboxylic acids is 1. The van der Waals surface area contributed by atoms with Crippen molar-refractivity contribution in [1.82, 2.24) is 10.3 Å². The minimum atomic E-state index is -0.946. The van der Waals surface area contributed by atoms with E-state index in [2.05, 4.69) is 10.3 Å². The van der Waals surface area contributed by atoms with E-state index >= 15 is 0 Å².